The minimum Gasteiger partial charge on any atom is -0.497 e. The van der Waals surface area contributed by atoms with E-state index in [-0.39, 0.29) is 23.4 Å². The van der Waals surface area contributed by atoms with Gasteiger partial charge in [-0.25, -0.2) is 8.42 Å². The predicted molar refractivity (Wildman–Crippen MR) is 158 cm³/mol. The van der Waals surface area contributed by atoms with Gasteiger partial charge in [-0.3, -0.25) is 13.9 Å². The normalized spacial score (nSPS) is 12.1. The van der Waals surface area contributed by atoms with Gasteiger partial charge in [0.15, 0.2) is 0 Å². The number of rotatable bonds is 11. The highest BCUT2D eigenvalue weighted by Gasteiger charge is 2.33. The predicted octanol–water partition coefficient (Wildman–Crippen LogP) is 5.10. The first-order valence-corrected chi connectivity index (χ1v) is 14.7. The van der Waals surface area contributed by atoms with Gasteiger partial charge in [0.25, 0.3) is 10.0 Å². The lowest BCUT2D eigenvalue weighted by Crippen LogP contribution is -2.52. The number of ether oxygens (including phenoxy) is 1. The van der Waals surface area contributed by atoms with E-state index in [0.717, 1.165) is 15.4 Å². The van der Waals surface area contributed by atoms with E-state index in [2.05, 4.69) is 5.32 Å². The van der Waals surface area contributed by atoms with Crippen molar-refractivity contribution in [1.82, 2.24) is 10.2 Å². The second-order valence-corrected chi connectivity index (χ2v) is 12.3. The topological polar surface area (TPSA) is 96.0 Å². The minimum atomic E-state index is -4.16. The summed E-state index contributed by atoms with van der Waals surface area (Å²) in [5.74, 6) is -0.222. The number of halogens is 1. The highest BCUT2D eigenvalue weighted by atomic mass is 35.5. The van der Waals surface area contributed by atoms with Crippen LogP contribution >= 0.6 is 11.6 Å². The van der Waals surface area contributed by atoms with Crippen LogP contribution in [0.25, 0.3) is 0 Å². The molecule has 3 aromatic rings. The Morgan fingerprint density at radius 3 is 2.12 bits per heavy atom. The second kappa shape index (κ2) is 13.2. The maximum atomic E-state index is 14.0. The Balaban J connectivity index is 2.06. The van der Waals surface area contributed by atoms with Gasteiger partial charge in [0, 0.05) is 17.6 Å². The minimum absolute atomic E-state index is 0.0487. The number of hydrogen-bond donors (Lipinski definition) is 1. The Morgan fingerprint density at radius 2 is 1.57 bits per heavy atom. The zero-order valence-corrected chi connectivity index (χ0v) is 25.2. The van der Waals surface area contributed by atoms with Crippen molar-refractivity contribution in [3.8, 4) is 5.75 Å². The number of aryl methyl sites for hydroxylation is 2. The van der Waals surface area contributed by atoms with Gasteiger partial charge in [-0.05, 0) is 88.2 Å². The summed E-state index contributed by atoms with van der Waals surface area (Å²) in [6.45, 7) is 8.46. The lowest BCUT2D eigenvalue weighted by atomic mass is 10.1. The van der Waals surface area contributed by atoms with Gasteiger partial charge >= 0.3 is 0 Å². The third-order valence-corrected chi connectivity index (χ3v) is 8.43. The monoisotopic (exact) mass is 585 g/mol. The van der Waals surface area contributed by atoms with Crippen molar-refractivity contribution in [3.63, 3.8) is 0 Å². The largest absolute Gasteiger partial charge is 0.497 e. The van der Waals surface area contributed by atoms with Crippen molar-refractivity contribution in [2.24, 2.45) is 0 Å². The Bertz CT molecular complexity index is 1440. The van der Waals surface area contributed by atoms with Crippen LogP contribution in [0.2, 0.25) is 5.02 Å². The molecule has 0 aliphatic carbocycles. The molecule has 1 atom stereocenters. The SMILES string of the molecule is COc1ccc(CN(C(=O)CN(c2ccc(Cl)cc2C)S(=O)(=O)c2ccc(C)cc2)[C@@H](C)C(=O)NC(C)C)cc1. The molecular formula is C30H36ClN3O5S. The molecule has 214 valence electrons. The number of nitrogens with zero attached hydrogens (tertiary/aromatic N) is 2. The zero-order chi connectivity index (χ0) is 29.6. The molecule has 3 rings (SSSR count). The van der Waals surface area contributed by atoms with Gasteiger partial charge < -0.3 is 15.0 Å². The first-order chi connectivity index (χ1) is 18.8. The van der Waals surface area contributed by atoms with E-state index in [1.807, 2.05) is 20.8 Å². The van der Waals surface area contributed by atoms with Gasteiger partial charge in [0.2, 0.25) is 11.8 Å². The molecule has 0 unspecified atom stereocenters. The molecule has 10 heteroatoms. The molecule has 8 nitrogen and oxygen atoms in total. The molecule has 3 aromatic carbocycles. The van der Waals surface area contributed by atoms with Crippen molar-refractivity contribution in [2.75, 3.05) is 18.0 Å². The molecule has 0 aliphatic heterocycles. The van der Waals surface area contributed by atoms with E-state index in [9.17, 15) is 18.0 Å². The maximum Gasteiger partial charge on any atom is 0.264 e. The molecule has 40 heavy (non-hydrogen) atoms. The summed E-state index contributed by atoms with van der Waals surface area (Å²) in [4.78, 5) is 28.4. The second-order valence-electron chi connectivity index (χ2n) is 9.96. The number of nitrogens with one attached hydrogen (secondary N) is 1. The third kappa shape index (κ3) is 7.55. The Kier molecular flexibility index (Phi) is 10.2. The van der Waals surface area contributed by atoms with Crippen LogP contribution in [0.4, 0.5) is 5.69 Å². The molecule has 0 radical (unpaired) electrons. The summed E-state index contributed by atoms with van der Waals surface area (Å²) >= 11 is 6.16. The van der Waals surface area contributed by atoms with Gasteiger partial charge in [-0.15, -0.1) is 0 Å². The Hall–Kier alpha value is -3.56. The van der Waals surface area contributed by atoms with Crippen molar-refractivity contribution >= 4 is 39.1 Å². The smallest absolute Gasteiger partial charge is 0.264 e. The van der Waals surface area contributed by atoms with Crippen LogP contribution in [0, 0.1) is 13.8 Å². The van der Waals surface area contributed by atoms with E-state index in [4.69, 9.17) is 16.3 Å². The number of sulfonamides is 1. The number of methoxy groups -OCH3 is 1. The summed E-state index contributed by atoms with van der Waals surface area (Å²) in [6, 6.07) is 17.4. The molecule has 0 bridgehead atoms. The van der Waals surface area contributed by atoms with Crippen LogP contribution in [-0.2, 0) is 26.2 Å². The average Bonchev–Trinajstić information content (AvgIpc) is 2.90. The summed E-state index contributed by atoms with van der Waals surface area (Å²) in [5.41, 5.74) is 2.57. The van der Waals surface area contributed by atoms with Crippen LogP contribution in [0.1, 0.15) is 37.5 Å². The van der Waals surface area contributed by atoms with Crippen LogP contribution in [0.3, 0.4) is 0 Å². The van der Waals surface area contributed by atoms with E-state index in [1.54, 1.807) is 75.6 Å². The molecule has 2 amide bonds. The van der Waals surface area contributed by atoms with Gasteiger partial charge in [-0.1, -0.05) is 41.4 Å². The summed E-state index contributed by atoms with van der Waals surface area (Å²) in [5, 5.41) is 3.29. The van der Waals surface area contributed by atoms with Crippen LogP contribution in [0.5, 0.6) is 5.75 Å². The van der Waals surface area contributed by atoms with Crippen molar-refractivity contribution in [1.29, 1.82) is 0 Å². The average molecular weight is 586 g/mol. The van der Waals surface area contributed by atoms with Crippen molar-refractivity contribution < 1.29 is 22.7 Å². The number of carbonyl (C=O) groups is 2. The van der Waals surface area contributed by atoms with Crippen LogP contribution < -0.4 is 14.4 Å². The Morgan fingerprint density at radius 1 is 0.950 bits per heavy atom. The Labute approximate surface area is 241 Å². The van der Waals surface area contributed by atoms with Crippen molar-refractivity contribution in [2.45, 2.75) is 58.1 Å². The zero-order valence-electron chi connectivity index (χ0n) is 23.6. The summed E-state index contributed by atoms with van der Waals surface area (Å²) < 4.78 is 34.2. The molecule has 0 saturated heterocycles. The molecule has 1 N–H and O–H groups in total. The summed E-state index contributed by atoms with van der Waals surface area (Å²) in [7, 11) is -2.60. The van der Waals surface area contributed by atoms with E-state index < -0.39 is 28.5 Å². The van der Waals surface area contributed by atoms with Crippen LogP contribution in [0.15, 0.2) is 71.6 Å². The highest BCUT2D eigenvalue weighted by Crippen LogP contribution is 2.29. The molecule has 0 saturated carbocycles. The van der Waals surface area contributed by atoms with Gasteiger partial charge in [0.1, 0.15) is 18.3 Å². The van der Waals surface area contributed by atoms with Gasteiger partial charge in [-0.2, -0.15) is 0 Å². The van der Waals surface area contributed by atoms with E-state index >= 15 is 0 Å². The number of hydrogen-bond acceptors (Lipinski definition) is 5. The fourth-order valence-corrected chi connectivity index (χ4v) is 5.87. The molecule has 0 heterocycles. The number of carbonyl (C=O) groups excluding carboxylic acids is 2. The van der Waals surface area contributed by atoms with Gasteiger partial charge in [0.05, 0.1) is 17.7 Å². The number of anilines is 1. The standard InChI is InChI=1S/C30H36ClN3O5S/c1-20(2)32-30(36)23(5)33(18-24-9-12-26(39-6)13-10-24)29(35)19-34(28-16-11-25(31)17-22(28)4)40(37,38)27-14-7-21(3)8-15-27/h7-17,20,23H,18-19H2,1-6H3,(H,32,36)/t23-/m0/s1. The number of amides is 2. The number of benzene rings is 3. The molecule has 0 fully saturated rings. The lowest BCUT2D eigenvalue weighted by molar-refractivity contribution is -0.139. The molecular weight excluding hydrogens is 550 g/mol. The molecule has 0 aliphatic rings. The lowest BCUT2D eigenvalue weighted by Gasteiger charge is -2.32. The fraction of sp³-hybridized carbons (Fsp3) is 0.333. The first kappa shape index (κ1) is 31.0. The third-order valence-electron chi connectivity index (χ3n) is 6.43. The molecule has 0 aromatic heterocycles. The van der Waals surface area contributed by atoms with Crippen LogP contribution in [-0.4, -0.2) is 50.9 Å². The molecule has 0 spiro atoms. The quantitative estimate of drug-likeness (QED) is 0.338. The first-order valence-electron chi connectivity index (χ1n) is 12.9. The fourth-order valence-electron chi connectivity index (χ4n) is 4.16. The van der Waals surface area contributed by atoms with E-state index in [0.29, 0.717) is 22.0 Å². The summed E-state index contributed by atoms with van der Waals surface area (Å²) in [6.07, 6.45) is 0. The highest BCUT2D eigenvalue weighted by molar-refractivity contribution is 7.92. The maximum absolute atomic E-state index is 14.0. The van der Waals surface area contributed by atoms with E-state index in [1.165, 1.54) is 17.0 Å². The van der Waals surface area contributed by atoms with Crippen molar-refractivity contribution in [3.05, 3.63) is 88.4 Å².